The van der Waals surface area contributed by atoms with Crippen molar-refractivity contribution in [2.45, 2.75) is 13.5 Å². The first-order valence-corrected chi connectivity index (χ1v) is 13.5. The zero-order chi connectivity index (χ0) is 26.7. The van der Waals surface area contributed by atoms with Crippen molar-refractivity contribution in [2.75, 3.05) is 11.5 Å². The number of halogens is 4. The van der Waals surface area contributed by atoms with Gasteiger partial charge >= 0.3 is 0 Å². The summed E-state index contributed by atoms with van der Waals surface area (Å²) in [6, 6.07) is 15.9. The Kier molecular flexibility index (Phi) is 8.97. The lowest BCUT2D eigenvalue weighted by molar-refractivity contribution is -0.122. The minimum absolute atomic E-state index is 0.108. The topological polar surface area (TPSA) is 67.9 Å². The first-order valence-electron chi connectivity index (χ1n) is 10.9. The van der Waals surface area contributed by atoms with E-state index in [-0.39, 0.29) is 38.0 Å². The van der Waals surface area contributed by atoms with E-state index in [0.717, 1.165) is 14.0 Å². The molecule has 0 saturated carbocycles. The number of nitrogens with zero attached hydrogens (tertiary/aromatic N) is 1. The van der Waals surface area contributed by atoms with Crippen molar-refractivity contribution in [3.63, 3.8) is 0 Å². The molecular weight excluding hydrogens is 670 g/mol. The van der Waals surface area contributed by atoms with Gasteiger partial charge in [0.25, 0.3) is 11.8 Å². The number of thiocarbonyl (C=S) groups is 1. The molecule has 1 aliphatic rings. The SMILES string of the molecule is CCOc1cc(/C=C2\C(=O)NC(=S)N(c3cccc(Cl)c3Cl)C2=O)cc(Cl)c1OCc1ccc(I)cc1. The second-order valence-electron chi connectivity index (χ2n) is 7.71. The van der Waals surface area contributed by atoms with Crippen molar-refractivity contribution < 1.29 is 19.1 Å². The zero-order valence-corrected chi connectivity index (χ0v) is 24.4. The smallest absolute Gasteiger partial charge is 0.270 e. The molecule has 1 aliphatic heterocycles. The molecule has 0 spiro atoms. The fourth-order valence-electron chi connectivity index (χ4n) is 3.52. The highest BCUT2D eigenvalue weighted by atomic mass is 127. The van der Waals surface area contributed by atoms with Crippen molar-refractivity contribution in [3.05, 3.63) is 89.9 Å². The molecule has 1 N–H and O–H groups in total. The molecular formula is C26H18Cl3IN2O4S. The van der Waals surface area contributed by atoms with Gasteiger partial charge in [0.15, 0.2) is 16.6 Å². The summed E-state index contributed by atoms with van der Waals surface area (Å²) in [5, 5.41) is 3.05. The molecule has 3 aromatic rings. The average Bonchev–Trinajstić information content (AvgIpc) is 2.85. The number of nitrogens with one attached hydrogen (secondary N) is 1. The summed E-state index contributed by atoms with van der Waals surface area (Å²) in [7, 11) is 0. The number of rotatable bonds is 7. The van der Waals surface area contributed by atoms with Crippen LogP contribution in [0, 0.1) is 3.57 Å². The first-order chi connectivity index (χ1) is 17.7. The van der Waals surface area contributed by atoms with Crippen LogP contribution in [0.3, 0.4) is 0 Å². The van der Waals surface area contributed by atoms with Gasteiger partial charge < -0.3 is 9.47 Å². The van der Waals surface area contributed by atoms with E-state index in [1.54, 1.807) is 30.3 Å². The lowest BCUT2D eigenvalue weighted by Crippen LogP contribution is -2.54. The van der Waals surface area contributed by atoms with Gasteiger partial charge in [-0.3, -0.25) is 19.8 Å². The van der Waals surface area contributed by atoms with Gasteiger partial charge in [0.1, 0.15) is 12.2 Å². The summed E-state index contributed by atoms with van der Waals surface area (Å²) >= 11 is 26.5. The highest BCUT2D eigenvalue weighted by Gasteiger charge is 2.35. The Morgan fingerprint density at radius 3 is 2.46 bits per heavy atom. The molecule has 37 heavy (non-hydrogen) atoms. The maximum atomic E-state index is 13.4. The Bertz CT molecular complexity index is 1430. The van der Waals surface area contributed by atoms with Crippen LogP contribution in [0.1, 0.15) is 18.1 Å². The molecule has 3 aromatic carbocycles. The maximum Gasteiger partial charge on any atom is 0.270 e. The van der Waals surface area contributed by atoms with Crippen molar-refractivity contribution in [3.8, 4) is 11.5 Å². The van der Waals surface area contributed by atoms with Crippen molar-refractivity contribution in [2.24, 2.45) is 0 Å². The monoisotopic (exact) mass is 686 g/mol. The summed E-state index contributed by atoms with van der Waals surface area (Å²) in [6.07, 6.45) is 1.40. The number of amides is 2. The van der Waals surface area contributed by atoms with Gasteiger partial charge in [0.2, 0.25) is 0 Å². The zero-order valence-electron chi connectivity index (χ0n) is 19.2. The van der Waals surface area contributed by atoms with Crippen LogP contribution in [-0.4, -0.2) is 23.5 Å². The Morgan fingerprint density at radius 1 is 1.03 bits per heavy atom. The lowest BCUT2D eigenvalue weighted by Gasteiger charge is -2.29. The number of carbonyl (C=O) groups excluding carboxylic acids is 2. The number of anilines is 1. The normalized spacial score (nSPS) is 14.7. The number of hydrogen-bond donors (Lipinski definition) is 1. The standard InChI is InChI=1S/C26H18Cl3IN2O4S/c1-2-35-21-12-15(11-19(28)23(21)36-13-14-6-8-16(30)9-7-14)10-17-24(33)31-26(37)32(25(17)34)20-5-3-4-18(27)22(20)29/h3-12H,2,13H2,1H3,(H,31,33,37)/b17-10+. The molecule has 0 aliphatic carbocycles. The molecule has 4 rings (SSSR count). The Labute approximate surface area is 247 Å². The van der Waals surface area contributed by atoms with Crippen LogP contribution >= 0.6 is 69.6 Å². The van der Waals surface area contributed by atoms with Crippen LogP contribution < -0.4 is 19.7 Å². The molecule has 0 radical (unpaired) electrons. The second kappa shape index (κ2) is 12.0. The molecule has 6 nitrogen and oxygen atoms in total. The van der Waals surface area contributed by atoms with Crippen LogP contribution in [0.2, 0.25) is 15.1 Å². The van der Waals surface area contributed by atoms with E-state index in [4.69, 9.17) is 56.5 Å². The number of hydrogen-bond acceptors (Lipinski definition) is 5. The van der Waals surface area contributed by atoms with E-state index in [0.29, 0.717) is 23.7 Å². The molecule has 2 amide bonds. The van der Waals surface area contributed by atoms with Gasteiger partial charge in [-0.1, -0.05) is 53.0 Å². The predicted molar refractivity (Wildman–Crippen MR) is 159 cm³/mol. The predicted octanol–water partition coefficient (Wildman–Crippen LogP) is 7.06. The quantitative estimate of drug-likeness (QED) is 0.125. The van der Waals surface area contributed by atoms with Crippen molar-refractivity contribution in [1.82, 2.24) is 5.32 Å². The molecule has 0 aromatic heterocycles. The van der Waals surface area contributed by atoms with Gasteiger partial charge in [-0.2, -0.15) is 0 Å². The minimum Gasteiger partial charge on any atom is -0.490 e. The molecule has 0 bridgehead atoms. The summed E-state index contributed by atoms with van der Waals surface area (Å²) < 4.78 is 12.8. The Morgan fingerprint density at radius 2 is 1.76 bits per heavy atom. The molecule has 0 atom stereocenters. The third kappa shape index (κ3) is 6.21. The largest absolute Gasteiger partial charge is 0.490 e. The Hall–Kier alpha value is -2.37. The van der Waals surface area contributed by atoms with E-state index in [1.165, 1.54) is 6.08 Å². The van der Waals surface area contributed by atoms with Gasteiger partial charge in [0.05, 0.1) is 27.4 Å². The van der Waals surface area contributed by atoms with E-state index < -0.39 is 11.8 Å². The highest BCUT2D eigenvalue weighted by molar-refractivity contribution is 14.1. The Balaban J connectivity index is 1.67. The van der Waals surface area contributed by atoms with Crippen LogP contribution in [0.4, 0.5) is 5.69 Å². The molecule has 1 heterocycles. The minimum atomic E-state index is -0.661. The van der Waals surface area contributed by atoms with Crippen molar-refractivity contribution >= 4 is 98.3 Å². The fourth-order valence-corrected chi connectivity index (χ4v) is 4.81. The summed E-state index contributed by atoms with van der Waals surface area (Å²) in [5.41, 5.74) is 1.50. The third-order valence-electron chi connectivity index (χ3n) is 5.21. The maximum absolute atomic E-state index is 13.4. The number of benzene rings is 3. The average molecular weight is 688 g/mol. The van der Waals surface area contributed by atoms with Gasteiger partial charge in [-0.05, 0) is 95.3 Å². The molecule has 1 saturated heterocycles. The van der Waals surface area contributed by atoms with Gasteiger partial charge in [-0.15, -0.1) is 0 Å². The second-order valence-corrected chi connectivity index (χ2v) is 10.5. The number of ether oxygens (including phenoxy) is 2. The van der Waals surface area contributed by atoms with Crippen LogP contribution in [-0.2, 0) is 16.2 Å². The molecule has 11 heteroatoms. The molecule has 190 valence electrons. The van der Waals surface area contributed by atoms with E-state index >= 15 is 0 Å². The van der Waals surface area contributed by atoms with Crippen LogP contribution in [0.5, 0.6) is 11.5 Å². The van der Waals surface area contributed by atoms with Crippen molar-refractivity contribution in [1.29, 1.82) is 0 Å². The number of carbonyl (C=O) groups is 2. The summed E-state index contributed by atoms with van der Waals surface area (Å²) in [5.74, 6) is -0.581. The third-order valence-corrected chi connectivity index (χ3v) is 7.31. The van der Waals surface area contributed by atoms with E-state index in [1.807, 2.05) is 31.2 Å². The van der Waals surface area contributed by atoms with Gasteiger partial charge in [-0.25, -0.2) is 0 Å². The lowest BCUT2D eigenvalue weighted by atomic mass is 10.1. The summed E-state index contributed by atoms with van der Waals surface area (Å²) in [6.45, 7) is 2.46. The first kappa shape index (κ1) is 27.7. The van der Waals surface area contributed by atoms with E-state index in [9.17, 15) is 9.59 Å². The van der Waals surface area contributed by atoms with E-state index in [2.05, 4.69) is 27.9 Å². The van der Waals surface area contributed by atoms with Crippen LogP contribution in [0.25, 0.3) is 6.08 Å². The fraction of sp³-hybridized carbons (Fsp3) is 0.115. The molecule has 0 unspecified atom stereocenters. The molecule has 1 fully saturated rings. The van der Waals surface area contributed by atoms with Gasteiger partial charge in [0, 0.05) is 3.57 Å². The summed E-state index contributed by atoms with van der Waals surface area (Å²) in [4.78, 5) is 27.2. The van der Waals surface area contributed by atoms with Crippen LogP contribution in [0.15, 0.2) is 60.2 Å². The highest BCUT2D eigenvalue weighted by Crippen LogP contribution is 2.39.